The molecular formula is C22H29F3N4O3. The molecule has 1 amide bonds. The first kappa shape index (κ1) is 25.4. The number of rotatable bonds is 10. The van der Waals surface area contributed by atoms with Gasteiger partial charge in [-0.3, -0.25) is 4.79 Å². The molecule has 0 aliphatic rings. The number of carbonyl (C=O) groups excluding carboxylic acids is 1. The number of alkyl halides is 3. The van der Waals surface area contributed by atoms with Gasteiger partial charge in [0.1, 0.15) is 24.0 Å². The Balaban J connectivity index is 2.01. The zero-order chi connectivity index (χ0) is 23.9. The minimum Gasteiger partial charge on any atom is -0.482 e. The second kappa shape index (κ2) is 11.1. The molecule has 1 unspecified atom stereocenters. The fraction of sp³-hybridized carbons (Fsp3) is 0.500. The molecular weight excluding hydrogens is 425 g/mol. The fourth-order valence-corrected chi connectivity index (χ4v) is 2.79. The van der Waals surface area contributed by atoms with Gasteiger partial charge < -0.3 is 20.1 Å². The van der Waals surface area contributed by atoms with E-state index in [1.807, 2.05) is 26.0 Å². The minimum atomic E-state index is -4.45. The first-order valence-electron chi connectivity index (χ1n) is 10.2. The van der Waals surface area contributed by atoms with Crippen LogP contribution in [-0.2, 0) is 4.74 Å². The summed E-state index contributed by atoms with van der Waals surface area (Å²) in [6.45, 7) is 8.88. The second-order valence-electron chi connectivity index (χ2n) is 7.95. The van der Waals surface area contributed by atoms with Crippen LogP contribution in [0.1, 0.15) is 54.1 Å². The van der Waals surface area contributed by atoms with Crippen LogP contribution in [0.2, 0.25) is 0 Å². The highest BCUT2D eigenvalue weighted by atomic mass is 19.4. The van der Waals surface area contributed by atoms with E-state index in [-0.39, 0.29) is 17.5 Å². The standard InChI is InChI=1S/C22H29F3N4O3/c1-13(2)10-31-12-27-20-8-17(7-15(4)28-20)16(5)29-21(30)18-6-14(3)19(9-26-18)32-11-22(23,24)25/h6-9,13,16H,10-12H2,1-5H3,(H,27,28)(H,29,30). The van der Waals surface area contributed by atoms with E-state index in [0.29, 0.717) is 30.6 Å². The van der Waals surface area contributed by atoms with Gasteiger partial charge in [0.15, 0.2) is 6.61 Å². The summed E-state index contributed by atoms with van der Waals surface area (Å²) in [7, 11) is 0. The van der Waals surface area contributed by atoms with Crippen LogP contribution in [0.15, 0.2) is 24.4 Å². The maximum atomic E-state index is 12.6. The third-order valence-corrected chi connectivity index (χ3v) is 4.32. The van der Waals surface area contributed by atoms with E-state index in [1.54, 1.807) is 6.92 Å². The SMILES string of the molecule is Cc1cc(C(C)NC(=O)c2cc(C)c(OCC(F)(F)F)cn2)cc(NCOCC(C)C)n1. The number of aromatic nitrogens is 2. The lowest BCUT2D eigenvalue weighted by Crippen LogP contribution is -2.28. The third-order valence-electron chi connectivity index (χ3n) is 4.32. The molecule has 176 valence electrons. The molecule has 0 spiro atoms. The summed E-state index contributed by atoms with van der Waals surface area (Å²) >= 11 is 0. The lowest BCUT2D eigenvalue weighted by Gasteiger charge is -2.17. The molecule has 2 aromatic rings. The molecule has 7 nitrogen and oxygen atoms in total. The number of anilines is 1. The van der Waals surface area contributed by atoms with Gasteiger partial charge in [-0.15, -0.1) is 0 Å². The van der Waals surface area contributed by atoms with Crippen molar-refractivity contribution in [1.82, 2.24) is 15.3 Å². The number of nitrogens with one attached hydrogen (secondary N) is 2. The molecule has 0 saturated heterocycles. The number of pyridine rings is 2. The van der Waals surface area contributed by atoms with Crippen molar-refractivity contribution in [3.05, 3.63) is 46.9 Å². The summed E-state index contributed by atoms with van der Waals surface area (Å²) in [6, 6.07) is 4.72. The molecule has 0 aliphatic carbocycles. The number of amides is 1. The van der Waals surface area contributed by atoms with E-state index in [9.17, 15) is 18.0 Å². The van der Waals surface area contributed by atoms with Gasteiger partial charge in [0.2, 0.25) is 0 Å². The van der Waals surface area contributed by atoms with Crippen LogP contribution in [0.25, 0.3) is 0 Å². The topological polar surface area (TPSA) is 85.4 Å². The van der Waals surface area contributed by atoms with E-state index in [4.69, 9.17) is 9.47 Å². The average Bonchev–Trinajstić information content (AvgIpc) is 2.69. The van der Waals surface area contributed by atoms with E-state index < -0.39 is 18.7 Å². The number of hydrogen-bond acceptors (Lipinski definition) is 6. The smallest absolute Gasteiger partial charge is 0.422 e. The fourth-order valence-electron chi connectivity index (χ4n) is 2.79. The van der Waals surface area contributed by atoms with Crippen LogP contribution < -0.4 is 15.4 Å². The van der Waals surface area contributed by atoms with E-state index in [1.165, 1.54) is 6.07 Å². The van der Waals surface area contributed by atoms with Gasteiger partial charge >= 0.3 is 6.18 Å². The third kappa shape index (κ3) is 8.33. The lowest BCUT2D eigenvalue weighted by molar-refractivity contribution is -0.153. The molecule has 32 heavy (non-hydrogen) atoms. The normalized spacial score (nSPS) is 12.5. The molecule has 0 aliphatic heterocycles. The average molecular weight is 454 g/mol. The highest BCUT2D eigenvalue weighted by Crippen LogP contribution is 2.22. The Bertz CT molecular complexity index is 920. The molecule has 2 aromatic heterocycles. The van der Waals surface area contributed by atoms with Gasteiger partial charge in [-0.25, -0.2) is 9.97 Å². The van der Waals surface area contributed by atoms with Crippen molar-refractivity contribution in [2.24, 2.45) is 5.92 Å². The van der Waals surface area contributed by atoms with Gasteiger partial charge in [-0.2, -0.15) is 13.2 Å². The maximum absolute atomic E-state index is 12.6. The highest BCUT2D eigenvalue weighted by Gasteiger charge is 2.28. The van der Waals surface area contributed by atoms with Crippen LogP contribution >= 0.6 is 0 Å². The number of carbonyl (C=O) groups is 1. The molecule has 2 N–H and O–H groups in total. The summed E-state index contributed by atoms with van der Waals surface area (Å²) in [4.78, 5) is 21.0. The molecule has 0 saturated carbocycles. The Morgan fingerprint density at radius 3 is 2.50 bits per heavy atom. The summed E-state index contributed by atoms with van der Waals surface area (Å²) in [5.41, 5.74) is 2.07. The number of hydrogen-bond donors (Lipinski definition) is 2. The first-order valence-corrected chi connectivity index (χ1v) is 10.2. The van der Waals surface area contributed by atoms with Gasteiger partial charge in [-0.1, -0.05) is 13.8 Å². The largest absolute Gasteiger partial charge is 0.482 e. The van der Waals surface area contributed by atoms with Crippen LogP contribution in [-0.4, -0.2) is 42.0 Å². The van der Waals surface area contributed by atoms with E-state index >= 15 is 0 Å². The highest BCUT2D eigenvalue weighted by molar-refractivity contribution is 5.92. The number of ether oxygens (including phenoxy) is 2. The van der Waals surface area contributed by atoms with Crippen LogP contribution in [0.5, 0.6) is 5.75 Å². The van der Waals surface area contributed by atoms with Crippen molar-refractivity contribution in [2.45, 2.75) is 46.8 Å². The molecule has 0 fully saturated rings. The Labute approximate surface area is 185 Å². The Hall–Kier alpha value is -2.88. The van der Waals surface area contributed by atoms with Crippen molar-refractivity contribution < 1.29 is 27.4 Å². The molecule has 2 rings (SSSR count). The van der Waals surface area contributed by atoms with E-state index in [2.05, 4.69) is 34.4 Å². The Morgan fingerprint density at radius 2 is 1.88 bits per heavy atom. The van der Waals surface area contributed by atoms with Crippen LogP contribution in [0, 0.1) is 19.8 Å². The predicted octanol–water partition coefficient (Wildman–Crippen LogP) is 4.57. The van der Waals surface area contributed by atoms with Gasteiger partial charge in [0.25, 0.3) is 5.91 Å². The van der Waals surface area contributed by atoms with Crippen molar-refractivity contribution in [2.75, 3.05) is 25.3 Å². The summed E-state index contributed by atoms with van der Waals surface area (Å²) in [6.07, 6.45) is -3.33. The molecule has 0 aromatic carbocycles. The van der Waals surface area contributed by atoms with Crippen molar-refractivity contribution in [3.63, 3.8) is 0 Å². The number of aryl methyl sites for hydroxylation is 2. The Kier molecular flexibility index (Phi) is 8.82. The number of halogens is 3. The molecule has 2 heterocycles. The summed E-state index contributed by atoms with van der Waals surface area (Å²) < 4.78 is 47.2. The van der Waals surface area contributed by atoms with E-state index in [0.717, 1.165) is 17.5 Å². The van der Waals surface area contributed by atoms with Crippen molar-refractivity contribution in [3.8, 4) is 5.75 Å². The van der Waals surface area contributed by atoms with Crippen LogP contribution in [0.4, 0.5) is 19.0 Å². The quantitative estimate of drug-likeness (QED) is 0.404. The van der Waals surface area contributed by atoms with Gasteiger partial charge in [0.05, 0.1) is 18.8 Å². The maximum Gasteiger partial charge on any atom is 0.422 e. The Morgan fingerprint density at radius 1 is 1.16 bits per heavy atom. The number of nitrogens with zero attached hydrogens (tertiary/aromatic N) is 2. The minimum absolute atomic E-state index is 0.0212. The predicted molar refractivity (Wildman–Crippen MR) is 115 cm³/mol. The second-order valence-corrected chi connectivity index (χ2v) is 7.95. The molecule has 1 atom stereocenters. The van der Waals surface area contributed by atoms with Gasteiger partial charge in [-0.05, 0) is 56.0 Å². The lowest BCUT2D eigenvalue weighted by atomic mass is 10.1. The van der Waals surface area contributed by atoms with Crippen molar-refractivity contribution in [1.29, 1.82) is 0 Å². The molecule has 0 bridgehead atoms. The monoisotopic (exact) mass is 454 g/mol. The zero-order valence-corrected chi connectivity index (χ0v) is 18.8. The molecule has 10 heteroatoms. The van der Waals surface area contributed by atoms with Crippen LogP contribution in [0.3, 0.4) is 0 Å². The van der Waals surface area contributed by atoms with Gasteiger partial charge in [0, 0.05) is 5.69 Å². The summed E-state index contributed by atoms with van der Waals surface area (Å²) in [5.74, 6) is 0.583. The first-order chi connectivity index (χ1) is 14.9. The van der Waals surface area contributed by atoms with Crippen molar-refractivity contribution >= 4 is 11.7 Å². The summed E-state index contributed by atoms with van der Waals surface area (Å²) in [5, 5.41) is 5.95. The molecule has 0 radical (unpaired) electrons. The zero-order valence-electron chi connectivity index (χ0n) is 18.8.